The van der Waals surface area contributed by atoms with Gasteiger partial charge in [0.15, 0.2) is 0 Å². The van der Waals surface area contributed by atoms with Crippen LogP contribution in [-0.4, -0.2) is 19.2 Å². The lowest BCUT2D eigenvalue weighted by Gasteiger charge is -2.16. The van der Waals surface area contributed by atoms with E-state index in [1.54, 1.807) is 7.11 Å². The van der Waals surface area contributed by atoms with Gasteiger partial charge in [-0.05, 0) is 37.5 Å². The fraction of sp³-hybridized carbons (Fsp3) is 0.571. The molecule has 96 valence electrons. The second-order valence-corrected chi connectivity index (χ2v) is 5.14. The number of halogens is 1. The molecule has 0 aliphatic heterocycles. The summed E-state index contributed by atoms with van der Waals surface area (Å²) < 4.78 is 5.13. The van der Waals surface area contributed by atoms with E-state index in [0.29, 0.717) is 17.1 Å². The first kappa shape index (κ1) is 14.3. The third-order valence-electron chi connectivity index (χ3n) is 2.70. The van der Waals surface area contributed by atoms with Gasteiger partial charge in [0.2, 0.25) is 0 Å². The molecule has 3 heteroatoms. The van der Waals surface area contributed by atoms with Crippen molar-refractivity contribution in [3.63, 3.8) is 0 Å². The molecule has 0 radical (unpaired) electrons. The molecule has 0 saturated heterocycles. The van der Waals surface area contributed by atoms with E-state index in [4.69, 9.17) is 16.3 Å². The van der Waals surface area contributed by atoms with Crippen LogP contribution in [0.5, 0.6) is 5.75 Å². The average molecular weight is 256 g/mol. The van der Waals surface area contributed by atoms with Gasteiger partial charge in [-0.15, -0.1) is 0 Å². The van der Waals surface area contributed by atoms with Crippen LogP contribution in [0.3, 0.4) is 0 Å². The van der Waals surface area contributed by atoms with Crippen LogP contribution >= 0.6 is 11.6 Å². The van der Waals surface area contributed by atoms with Crippen molar-refractivity contribution in [2.45, 2.75) is 45.7 Å². The van der Waals surface area contributed by atoms with Gasteiger partial charge in [0, 0.05) is 12.1 Å². The minimum absolute atomic E-state index is 0.524. The molecule has 0 spiro atoms. The van der Waals surface area contributed by atoms with Gasteiger partial charge in [0.25, 0.3) is 0 Å². The molecule has 0 aromatic heterocycles. The number of methoxy groups -OCH3 is 1. The van der Waals surface area contributed by atoms with Crippen molar-refractivity contribution in [3.8, 4) is 5.75 Å². The van der Waals surface area contributed by atoms with E-state index in [9.17, 15) is 0 Å². The maximum Gasteiger partial charge on any atom is 0.137 e. The lowest BCUT2D eigenvalue weighted by Crippen LogP contribution is -2.32. The van der Waals surface area contributed by atoms with Gasteiger partial charge in [-0.2, -0.15) is 0 Å². The monoisotopic (exact) mass is 255 g/mol. The Kier molecular flexibility index (Phi) is 5.79. The number of aryl methyl sites for hydroxylation is 1. The summed E-state index contributed by atoms with van der Waals surface area (Å²) in [4.78, 5) is 0. The van der Waals surface area contributed by atoms with Gasteiger partial charge in [0.05, 0.1) is 12.1 Å². The summed E-state index contributed by atoms with van der Waals surface area (Å²) in [5.74, 6) is 0.740. The minimum atomic E-state index is 0.524. The number of rotatable bonds is 6. The molecule has 1 N–H and O–H groups in total. The number of nitrogens with one attached hydrogen (secondary N) is 1. The van der Waals surface area contributed by atoms with Crippen molar-refractivity contribution in [2.75, 3.05) is 7.11 Å². The standard InChI is InChI=1S/C14H22ClNO/c1-10(2)16-11(3)5-6-12-7-8-14(17-4)13(15)9-12/h7-11,16H,5-6H2,1-4H3. The first-order chi connectivity index (χ1) is 8.02. The molecule has 17 heavy (non-hydrogen) atoms. The number of benzene rings is 1. The Labute approximate surface area is 109 Å². The van der Waals surface area contributed by atoms with Crippen LogP contribution in [0.2, 0.25) is 5.02 Å². The number of ether oxygens (including phenoxy) is 1. The van der Waals surface area contributed by atoms with E-state index in [2.05, 4.69) is 32.2 Å². The normalized spacial score (nSPS) is 12.8. The molecule has 1 rings (SSSR count). The molecule has 1 aromatic carbocycles. The Hall–Kier alpha value is -0.730. The van der Waals surface area contributed by atoms with Gasteiger partial charge in [-0.1, -0.05) is 31.5 Å². The topological polar surface area (TPSA) is 21.3 Å². The van der Waals surface area contributed by atoms with Crippen LogP contribution in [0.4, 0.5) is 0 Å². The highest BCUT2D eigenvalue weighted by molar-refractivity contribution is 6.32. The summed E-state index contributed by atoms with van der Waals surface area (Å²) in [6.45, 7) is 6.55. The van der Waals surface area contributed by atoms with Crippen LogP contribution in [-0.2, 0) is 6.42 Å². The number of hydrogen-bond acceptors (Lipinski definition) is 2. The second kappa shape index (κ2) is 6.87. The summed E-state index contributed by atoms with van der Waals surface area (Å²) in [6.07, 6.45) is 2.14. The van der Waals surface area contributed by atoms with Crippen molar-refractivity contribution < 1.29 is 4.74 Å². The summed E-state index contributed by atoms with van der Waals surface area (Å²) >= 11 is 6.09. The molecule has 0 saturated carbocycles. The highest BCUT2D eigenvalue weighted by Crippen LogP contribution is 2.25. The maximum absolute atomic E-state index is 6.09. The van der Waals surface area contributed by atoms with Crippen molar-refractivity contribution >= 4 is 11.6 Å². The van der Waals surface area contributed by atoms with Gasteiger partial charge < -0.3 is 10.1 Å². The van der Waals surface area contributed by atoms with Crippen LogP contribution in [0, 0.1) is 0 Å². The van der Waals surface area contributed by atoms with Gasteiger partial charge in [0.1, 0.15) is 5.75 Å². The summed E-state index contributed by atoms with van der Waals surface area (Å²) in [5.41, 5.74) is 1.26. The second-order valence-electron chi connectivity index (χ2n) is 4.73. The zero-order valence-electron chi connectivity index (χ0n) is 11.1. The van der Waals surface area contributed by atoms with Crippen LogP contribution in [0.15, 0.2) is 18.2 Å². The quantitative estimate of drug-likeness (QED) is 0.838. The molecule has 0 aliphatic carbocycles. The molecule has 0 fully saturated rings. The third kappa shape index (κ3) is 4.97. The van der Waals surface area contributed by atoms with E-state index < -0.39 is 0 Å². The van der Waals surface area contributed by atoms with Gasteiger partial charge in [-0.25, -0.2) is 0 Å². The van der Waals surface area contributed by atoms with Gasteiger partial charge >= 0.3 is 0 Å². The molecule has 1 aromatic rings. The van der Waals surface area contributed by atoms with Gasteiger partial charge in [-0.3, -0.25) is 0 Å². The first-order valence-corrected chi connectivity index (χ1v) is 6.49. The lowest BCUT2D eigenvalue weighted by molar-refractivity contribution is 0.414. The van der Waals surface area contributed by atoms with E-state index in [1.807, 2.05) is 12.1 Å². The fourth-order valence-corrected chi connectivity index (χ4v) is 2.18. The van der Waals surface area contributed by atoms with Crippen molar-refractivity contribution in [1.29, 1.82) is 0 Å². The summed E-state index contributed by atoms with van der Waals surface area (Å²) in [7, 11) is 1.63. The Morgan fingerprint density at radius 1 is 1.29 bits per heavy atom. The Morgan fingerprint density at radius 3 is 2.53 bits per heavy atom. The molecule has 1 atom stereocenters. The number of hydrogen-bond donors (Lipinski definition) is 1. The zero-order chi connectivity index (χ0) is 12.8. The largest absolute Gasteiger partial charge is 0.495 e. The van der Waals surface area contributed by atoms with E-state index >= 15 is 0 Å². The van der Waals surface area contributed by atoms with Crippen LogP contribution in [0.1, 0.15) is 32.8 Å². The fourth-order valence-electron chi connectivity index (χ4n) is 1.90. The third-order valence-corrected chi connectivity index (χ3v) is 3.00. The SMILES string of the molecule is COc1ccc(CCC(C)NC(C)C)cc1Cl. The predicted molar refractivity (Wildman–Crippen MR) is 74.1 cm³/mol. The molecule has 0 amide bonds. The molecule has 2 nitrogen and oxygen atoms in total. The molecular weight excluding hydrogens is 234 g/mol. The Bertz CT molecular complexity index is 352. The predicted octanol–water partition coefficient (Wildman–Crippen LogP) is 3.67. The van der Waals surface area contributed by atoms with E-state index in [0.717, 1.165) is 18.6 Å². The smallest absolute Gasteiger partial charge is 0.137 e. The van der Waals surface area contributed by atoms with Crippen LogP contribution in [0.25, 0.3) is 0 Å². The molecule has 0 bridgehead atoms. The van der Waals surface area contributed by atoms with Crippen molar-refractivity contribution in [3.05, 3.63) is 28.8 Å². The van der Waals surface area contributed by atoms with Crippen molar-refractivity contribution in [1.82, 2.24) is 5.32 Å². The summed E-state index contributed by atoms with van der Waals surface area (Å²) in [6, 6.07) is 7.05. The molecular formula is C14H22ClNO. The van der Waals surface area contributed by atoms with Crippen LogP contribution < -0.4 is 10.1 Å². The minimum Gasteiger partial charge on any atom is -0.495 e. The molecule has 0 heterocycles. The maximum atomic E-state index is 6.09. The molecule has 0 aliphatic rings. The van der Waals surface area contributed by atoms with Crippen molar-refractivity contribution in [2.24, 2.45) is 0 Å². The Morgan fingerprint density at radius 2 is 2.00 bits per heavy atom. The lowest BCUT2D eigenvalue weighted by atomic mass is 10.1. The Balaban J connectivity index is 2.49. The molecule has 1 unspecified atom stereocenters. The highest BCUT2D eigenvalue weighted by Gasteiger charge is 2.06. The van der Waals surface area contributed by atoms with E-state index in [-0.39, 0.29) is 0 Å². The summed E-state index contributed by atoms with van der Waals surface area (Å²) in [5, 5.41) is 4.18. The first-order valence-electron chi connectivity index (χ1n) is 6.11. The highest BCUT2D eigenvalue weighted by atomic mass is 35.5. The zero-order valence-corrected chi connectivity index (χ0v) is 11.8. The average Bonchev–Trinajstić information content (AvgIpc) is 2.25. The van der Waals surface area contributed by atoms with E-state index in [1.165, 1.54) is 5.56 Å².